The van der Waals surface area contributed by atoms with Crippen LogP contribution in [-0.2, 0) is 0 Å². The highest BCUT2D eigenvalue weighted by Gasteiger charge is 2.21. The molecular formula is C16H22FNOS. The van der Waals surface area contributed by atoms with Gasteiger partial charge in [0.1, 0.15) is 5.82 Å². The molecule has 1 aromatic rings. The summed E-state index contributed by atoms with van der Waals surface area (Å²) in [5, 5.41) is 3.86. The lowest BCUT2D eigenvalue weighted by Crippen LogP contribution is -2.32. The lowest BCUT2D eigenvalue weighted by molar-refractivity contribution is 0.102. The van der Waals surface area contributed by atoms with Crippen LogP contribution in [0.15, 0.2) is 18.2 Å². The molecule has 110 valence electrons. The molecule has 1 aromatic carbocycles. The van der Waals surface area contributed by atoms with Crippen molar-refractivity contribution in [3.05, 3.63) is 35.1 Å². The van der Waals surface area contributed by atoms with Gasteiger partial charge in [-0.15, -0.1) is 0 Å². The minimum atomic E-state index is -0.253. The van der Waals surface area contributed by atoms with Crippen molar-refractivity contribution in [3.63, 3.8) is 0 Å². The Kier molecular flexibility index (Phi) is 5.61. The number of halogens is 1. The monoisotopic (exact) mass is 295 g/mol. The van der Waals surface area contributed by atoms with Crippen LogP contribution in [0.5, 0.6) is 0 Å². The molecule has 1 N–H and O–H groups in total. The fraction of sp³-hybridized carbons (Fsp3) is 0.562. The van der Waals surface area contributed by atoms with E-state index in [-0.39, 0.29) is 11.6 Å². The molecule has 1 atom stereocenters. The first-order chi connectivity index (χ1) is 9.58. The summed E-state index contributed by atoms with van der Waals surface area (Å²) in [6.07, 6.45) is 2.38. The van der Waals surface area contributed by atoms with Gasteiger partial charge in [0.05, 0.1) is 5.75 Å². The number of ketones is 1. The highest BCUT2D eigenvalue weighted by molar-refractivity contribution is 8.00. The first-order valence-corrected chi connectivity index (χ1v) is 8.24. The maximum absolute atomic E-state index is 13.2. The van der Waals surface area contributed by atoms with Crippen molar-refractivity contribution in [2.75, 3.05) is 18.8 Å². The van der Waals surface area contributed by atoms with E-state index in [0.717, 1.165) is 13.1 Å². The van der Waals surface area contributed by atoms with E-state index in [1.807, 2.05) is 0 Å². The molecule has 2 nitrogen and oxygen atoms in total. The average Bonchev–Trinajstić information content (AvgIpc) is 2.48. The van der Waals surface area contributed by atoms with Gasteiger partial charge in [-0.1, -0.05) is 6.92 Å². The Balaban J connectivity index is 1.86. The fourth-order valence-electron chi connectivity index (χ4n) is 2.56. The Morgan fingerprint density at radius 3 is 2.80 bits per heavy atom. The molecule has 1 aliphatic heterocycles. The molecule has 0 radical (unpaired) electrons. The van der Waals surface area contributed by atoms with Gasteiger partial charge in [-0.3, -0.25) is 4.79 Å². The Labute approximate surface area is 124 Å². The number of benzene rings is 1. The zero-order valence-corrected chi connectivity index (χ0v) is 12.9. The fourth-order valence-corrected chi connectivity index (χ4v) is 3.68. The number of thioether (sulfide) groups is 1. The molecule has 0 saturated carbocycles. The van der Waals surface area contributed by atoms with E-state index in [1.165, 1.54) is 18.9 Å². The molecule has 1 fully saturated rings. The summed E-state index contributed by atoms with van der Waals surface area (Å²) in [4.78, 5) is 12.1. The molecule has 1 heterocycles. The van der Waals surface area contributed by atoms with Gasteiger partial charge in [-0.25, -0.2) is 4.39 Å². The molecule has 0 aromatic heterocycles. The third-order valence-corrected chi connectivity index (χ3v) is 5.34. The van der Waals surface area contributed by atoms with Crippen molar-refractivity contribution in [1.82, 2.24) is 5.32 Å². The van der Waals surface area contributed by atoms with E-state index < -0.39 is 0 Å². The van der Waals surface area contributed by atoms with E-state index in [1.54, 1.807) is 30.8 Å². The van der Waals surface area contributed by atoms with Gasteiger partial charge in [0.15, 0.2) is 5.78 Å². The van der Waals surface area contributed by atoms with E-state index in [0.29, 0.717) is 28.0 Å². The average molecular weight is 295 g/mol. The second-order valence-corrected chi connectivity index (χ2v) is 6.86. The lowest BCUT2D eigenvalue weighted by Gasteiger charge is -2.27. The SMILES string of the molecule is Cc1cc(C(=O)CSC(C)C2CCNCC2)ccc1F. The predicted octanol–water partition coefficient (Wildman–Crippen LogP) is 3.44. The Hall–Kier alpha value is -0.870. The standard InChI is InChI=1S/C16H22FNOS/c1-11-9-14(3-4-15(11)17)16(19)10-20-12(2)13-5-7-18-8-6-13/h3-4,9,12-13,18H,5-8,10H2,1-2H3. The third kappa shape index (κ3) is 4.06. The number of carbonyl (C=O) groups excluding carboxylic acids is 1. The number of hydrogen-bond acceptors (Lipinski definition) is 3. The number of aryl methyl sites for hydroxylation is 1. The molecule has 0 amide bonds. The van der Waals surface area contributed by atoms with Gasteiger partial charge in [0, 0.05) is 10.8 Å². The van der Waals surface area contributed by atoms with Crippen LogP contribution < -0.4 is 5.32 Å². The topological polar surface area (TPSA) is 29.1 Å². The molecule has 0 spiro atoms. The van der Waals surface area contributed by atoms with Gasteiger partial charge in [-0.05, 0) is 62.5 Å². The van der Waals surface area contributed by atoms with Crippen LogP contribution in [0.1, 0.15) is 35.7 Å². The summed E-state index contributed by atoms with van der Waals surface area (Å²) < 4.78 is 13.2. The Morgan fingerprint density at radius 1 is 1.45 bits per heavy atom. The lowest BCUT2D eigenvalue weighted by atomic mass is 9.95. The van der Waals surface area contributed by atoms with Crippen LogP contribution in [0.25, 0.3) is 0 Å². The Morgan fingerprint density at radius 2 is 2.15 bits per heavy atom. The van der Waals surface area contributed by atoms with Crippen LogP contribution in [0.2, 0.25) is 0 Å². The second kappa shape index (κ2) is 7.23. The van der Waals surface area contributed by atoms with E-state index in [4.69, 9.17) is 0 Å². The third-order valence-electron chi connectivity index (χ3n) is 4.00. The van der Waals surface area contributed by atoms with Crippen molar-refractivity contribution < 1.29 is 9.18 Å². The van der Waals surface area contributed by atoms with Gasteiger partial charge in [0.2, 0.25) is 0 Å². The minimum absolute atomic E-state index is 0.0962. The summed E-state index contributed by atoms with van der Waals surface area (Å²) in [5.74, 6) is 1.02. The molecule has 1 aliphatic rings. The normalized spacial score (nSPS) is 17.9. The molecular weight excluding hydrogens is 273 g/mol. The van der Waals surface area contributed by atoms with Gasteiger partial charge in [-0.2, -0.15) is 11.8 Å². The van der Waals surface area contributed by atoms with E-state index in [2.05, 4.69) is 12.2 Å². The summed E-state index contributed by atoms with van der Waals surface area (Å²) in [6, 6.07) is 4.61. The number of nitrogens with one attached hydrogen (secondary N) is 1. The molecule has 0 bridgehead atoms. The zero-order valence-electron chi connectivity index (χ0n) is 12.1. The van der Waals surface area contributed by atoms with Crippen molar-refractivity contribution in [1.29, 1.82) is 0 Å². The van der Waals surface area contributed by atoms with Crippen LogP contribution in [-0.4, -0.2) is 29.9 Å². The van der Waals surface area contributed by atoms with Crippen LogP contribution in [0, 0.1) is 18.7 Å². The molecule has 4 heteroatoms. The number of carbonyl (C=O) groups is 1. The largest absolute Gasteiger partial charge is 0.317 e. The van der Waals surface area contributed by atoms with Crippen molar-refractivity contribution in [3.8, 4) is 0 Å². The highest BCUT2D eigenvalue weighted by atomic mass is 32.2. The number of piperidine rings is 1. The van der Waals surface area contributed by atoms with Crippen LogP contribution in [0.3, 0.4) is 0 Å². The summed E-state index contributed by atoms with van der Waals surface area (Å²) >= 11 is 1.72. The van der Waals surface area contributed by atoms with Gasteiger partial charge < -0.3 is 5.32 Å². The van der Waals surface area contributed by atoms with Crippen molar-refractivity contribution >= 4 is 17.5 Å². The molecule has 1 saturated heterocycles. The Bertz CT molecular complexity index is 472. The summed E-state index contributed by atoms with van der Waals surface area (Å²) in [7, 11) is 0. The first kappa shape index (κ1) is 15.5. The van der Waals surface area contributed by atoms with Gasteiger partial charge in [0.25, 0.3) is 0 Å². The van der Waals surface area contributed by atoms with Crippen molar-refractivity contribution in [2.45, 2.75) is 31.9 Å². The minimum Gasteiger partial charge on any atom is -0.317 e. The van der Waals surface area contributed by atoms with Crippen molar-refractivity contribution in [2.24, 2.45) is 5.92 Å². The molecule has 0 aliphatic carbocycles. The number of Topliss-reactive ketones (excluding diaryl/α,β-unsaturated/α-hetero) is 1. The molecule has 20 heavy (non-hydrogen) atoms. The summed E-state index contributed by atoms with van der Waals surface area (Å²) in [5.41, 5.74) is 1.15. The van der Waals surface area contributed by atoms with Crippen LogP contribution in [0.4, 0.5) is 4.39 Å². The van der Waals surface area contributed by atoms with Gasteiger partial charge >= 0.3 is 0 Å². The quantitative estimate of drug-likeness (QED) is 0.844. The second-order valence-electron chi connectivity index (χ2n) is 5.49. The maximum Gasteiger partial charge on any atom is 0.172 e. The number of rotatable bonds is 5. The van der Waals surface area contributed by atoms with Crippen LogP contribution >= 0.6 is 11.8 Å². The molecule has 1 unspecified atom stereocenters. The zero-order chi connectivity index (χ0) is 14.5. The summed E-state index contributed by atoms with van der Waals surface area (Å²) in [6.45, 7) is 6.07. The predicted molar refractivity (Wildman–Crippen MR) is 83.0 cm³/mol. The van der Waals surface area contributed by atoms with E-state index in [9.17, 15) is 9.18 Å². The number of hydrogen-bond donors (Lipinski definition) is 1. The smallest absolute Gasteiger partial charge is 0.172 e. The van der Waals surface area contributed by atoms with E-state index >= 15 is 0 Å². The maximum atomic E-state index is 13.2. The highest BCUT2D eigenvalue weighted by Crippen LogP contribution is 2.27. The molecule has 2 rings (SSSR count). The first-order valence-electron chi connectivity index (χ1n) is 7.19.